The number of hydrogen-bond donors (Lipinski definition) is 1. The molecule has 1 aromatic carbocycles. The lowest BCUT2D eigenvalue weighted by molar-refractivity contribution is 0.112. The number of ether oxygens (including phenoxy) is 1. The van der Waals surface area contributed by atoms with Crippen LogP contribution in [0.5, 0.6) is 0 Å². The highest BCUT2D eigenvalue weighted by Gasteiger charge is 2.18. The Morgan fingerprint density at radius 1 is 1.31 bits per heavy atom. The SMILES string of the molecule is CCCC(C)C(O)c1ccc2c(c1)COC2. The zero-order valence-corrected chi connectivity index (χ0v) is 10.1. The third kappa shape index (κ3) is 2.28. The van der Waals surface area contributed by atoms with Crippen LogP contribution < -0.4 is 0 Å². The van der Waals surface area contributed by atoms with E-state index < -0.39 is 0 Å². The van der Waals surface area contributed by atoms with Crippen LogP contribution in [0.25, 0.3) is 0 Å². The second-order valence-corrected chi connectivity index (χ2v) is 4.73. The summed E-state index contributed by atoms with van der Waals surface area (Å²) in [7, 11) is 0. The van der Waals surface area contributed by atoms with Gasteiger partial charge in [0.2, 0.25) is 0 Å². The Balaban J connectivity index is 2.14. The molecule has 2 heteroatoms. The number of aliphatic hydroxyl groups excluding tert-OH is 1. The number of aliphatic hydroxyl groups is 1. The zero-order chi connectivity index (χ0) is 11.5. The van der Waals surface area contributed by atoms with Crippen LogP contribution in [0.4, 0.5) is 0 Å². The van der Waals surface area contributed by atoms with Crippen molar-refractivity contribution in [3.8, 4) is 0 Å². The Morgan fingerprint density at radius 2 is 2.06 bits per heavy atom. The minimum atomic E-state index is -0.342. The summed E-state index contributed by atoms with van der Waals surface area (Å²) < 4.78 is 5.38. The van der Waals surface area contributed by atoms with Crippen molar-refractivity contribution < 1.29 is 9.84 Å². The maximum Gasteiger partial charge on any atom is 0.0815 e. The number of rotatable bonds is 4. The summed E-state index contributed by atoms with van der Waals surface area (Å²) in [6.45, 7) is 5.67. The first kappa shape index (κ1) is 11.6. The molecule has 2 rings (SSSR count). The molecule has 2 atom stereocenters. The Hall–Kier alpha value is -0.860. The lowest BCUT2D eigenvalue weighted by Gasteiger charge is -2.19. The topological polar surface area (TPSA) is 29.5 Å². The van der Waals surface area contributed by atoms with E-state index in [-0.39, 0.29) is 6.10 Å². The molecule has 1 aromatic rings. The van der Waals surface area contributed by atoms with Gasteiger partial charge in [0, 0.05) is 0 Å². The molecule has 0 saturated carbocycles. The predicted molar refractivity (Wildman–Crippen MR) is 64.0 cm³/mol. The van der Waals surface area contributed by atoms with Gasteiger partial charge in [-0.25, -0.2) is 0 Å². The fraction of sp³-hybridized carbons (Fsp3) is 0.571. The highest BCUT2D eigenvalue weighted by atomic mass is 16.5. The van der Waals surface area contributed by atoms with Gasteiger partial charge in [0.05, 0.1) is 19.3 Å². The lowest BCUT2D eigenvalue weighted by Crippen LogP contribution is -2.09. The normalized spacial score (nSPS) is 18.2. The summed E-state index contributed by atoms with van der Waals surface area (Å²) in [6, 6.07) is 6.21. The summed E-state index contributed by atoms with van der Waals surface area (Å²) in [5, 5.41) is 10.2. The van der Waals surface area contributed by atoms with Crippen molar-refractivity contribution in [1.82, 2.24) is 0 Å². The first-order valence-corrected chi connectivity index (χ1v) is 6.10. The van der Waals surface area contributed by atoms with Gasteiger partial charge >= 0.3 is 0 Å². The molecule has 0 saturated heterocycles. The van der Waals surface area contributed by atoms with Crippen LogP contribution in [0.1, 0.15) is 49.5 Å². The second-order valence-electron chi connectivity index (χ2n) is 4.73. The van der Waals surface area contributed by atoms with Crippen molar-refractivity contribution in [2.45, 2.75) is 46.0 Å². The van der Waals surface area contributed by atoms with E-state index in [9.17, 15) is 5.11 Å². The summed E-state index contributed by atoms with van der Waals surface area (Å²) >= 11 is 0. The fourth-order valence-electron chi connectivity index (χ4n) is 2.32. The van der Waals surface area contributed by atoms with Crippen LogP contribution in [0.2, 0.25) is 0 Å². The highest BCUT2D eigenvalue weighted by molar-refractivity contribution is 5.34. The molecule has 0 radical (unpaired) electrons. The van der Waals surface area contributed by atoms with Gasteiger partial charge in [0.15, 0.2) is 0 Å². The van der Waals surface area contributed by atoms with Crippen LogP contribution in [0.3, 0.4) is 0 Å². The molecule has 2 nitrogen and oxygen atoms in total. The fourth-order valence-corrected chi connectivity index (χ4v) is 2.32. The Labute approximate surface area is 97.3 Å². The van der Waals surface area contributed by atoms with Gasteiger partial charge in [0.25, 0.3) is 0 Å². The molecule has 88 valence electrons. The monoisotopic (exact) mass is 220 g/mol. The molecule has 0 amide bonds. The zero-order valence-electron chi connectivity index (χ0n) is 10.1. The van der Waals surface area contributed by atoms with E-state index in [1.165, 1.54) is 11.1 Å². The molecule has 16 heavy (non-hydrogen) atoms. The molecule has 1 aliphatic heterocycles. The van der Waals surface area contributed by atoms with Crippen molar-refractivity contribution in [2.75, 3.05) is 0 Å². The van der Waals surface area contributed by atoms with Crippen LogP contribution in [0, 0.1) is 5.92 Å². The maximum absolute atomic E-state index is 10.2. The summed E-state index contributed by atoms with van der Waals surface area (Å²) in [4.78, 5) is 0. The van der Waals surface area contributed by atoms with Gasteiger partial charge in [-0.15, -0.1) is 0 Å². The Bertz CT molecular complexity index is 360. The van der Waals surface area contributed by atoms with Crippen LogP contribution in [0.15, 0.2) is 18.2 Å². The van der Waals surface area contributed by atoms with E-state index in [1.54, 1.807) is 0 Å². The first-order chi connectivity index (χ1) is 7.72. The number of fused-ring (bicyclic) bond motifs is 1. The standard InChI is InChI=1S/C14H20O2/c1-3-4-10(2)14(15)11-5-6-12-8-16-9-13(12)7-11/h5-7,10,14-15H,3-4,8-9H2,1-2H3. The van der Waals surface area contributed by atoms with Crippen molar-refractivity contribution in [3.63, 3.8) is 0 Å². The molecule has 1 N–H and O–H groups in total. The number of benzene rings is 1. The van der Waals surface area contributed by atoms with E-state index in [4.69, 9.17) is 4.74 Å². The summed E-state index contributed by atoms with van der Waals surface area (Å²) in [5.41, 5.74) is 3.53. The molecule has 0 bridgehead atoms. The molecule has 0 fully saturated rings. The molecule has 0 aromatic heterocycles. The first-order valence-electron chi connectivity index (χ1n) is 6.10. The van der Waals surface area contributed by atoms with E-state index in [1.807, 2.05) is 6.07 Å². The molecule has 0 spiro atoms. The molecule has 1 heterocycles. The highest BCUT2D eigenvalue weighted by Crippen LogP contribution is 2.29. The van der Waals surface area contributed by atoms with Gasteiger partial charge in [0.1, 0.15) is 0 Å². The lowest BCUT2D eigenvalue weighted by atomic mass is 9.92. The molecule has 0 aliphatic carbocycles. The predicted octanol–water partition coefficient (Wildman–Crippen LogP) is 3.19. The van der Waals surface area contributed by atoms with Crippen molar-refractivity contribution in [2.24, 2.45) is 5.92 Å². The average Bonchev–Trinajstić information content (AvgIpc) is 2.75. The van der Waals surface area contributed by atoms with E-state index in [2.05, 4.69) is 26.0 Å². The van der Waals surface area contributed by atoms with Gasteiger partial charge in [-0.3, -0.25) is 0 Å². The van der Waals surface area contributed by atoms with Gasteiger partial charge in [-0.1, -0.05) is 38.5 Å². The third-order valence-electron chi connectivity index (χ3n) is 3.37. The average molecular weight is 220 g/mol. The molecular formula is C14H20O2. The maximum atomic E-state index is 10.2. The van der Waals surface area contributed by atoms with E-state index >= 15 is 0 Å². The van der Waals surface area contributed by atoms with Gasteiger partial charge in [-0.2, -0.15) is 0 Å². The van der Waals surface area contributed by atoms with E-state index in [0.29, 0.717) is 12.5 Å². The van der Waals surface area contributed by atoms with Crippen LogP contribution in [-0.2, 0) is 18.0 Å². The minimum Gasteiger partial charge on any atom is -0.388 e. The van der Waals surface area contributed by atoms with Gasteiger partial charge < -0.3 is 9.84 Å². The minimum absolute atomic E-state index is 0.324. The smallest absolute Gasteiger partial charge is 0.0815 e. The Morgan fingerprint density at radius 3 is 2.81 bits per heavy atom. The number of hydrogen-bond acceptors (Lipinski definition) is 2. The Kier molecular flexibility index (Phi) is 3.62. The third-order valence-corrected chi connectivity index (χ3v) is 3.37. The quantitative estimate of drug-likeness (QED) is 0.844. The molecule has 1 aliphatic rings. The van der Waals surface area contributed by atoms with Crippen LogP contribution >= 0.6 is 0 Å². The molecular weight excluding hydrogens is 200 g/mol. The van der Waals surface area contributed by atoms with Crippen molar-refractivity contribution >= 4 is 0 Å². The van der Waals surface area contributed by atoms with E-state index in [0.717, 1.165) is 25.0 Å². The van der Waals surface area contributed by atoms with Gasteiger partial charge in [-0.05, 0) is 29.0 Å². The summed E-state index contributed by atoms with van der Waals surface area (Å²) in [6.07, 6.45) is 1.84. The largest absolute Gasteiger partial charge is 0.388 e. The van der Waals surface area contributed by atoms with Crippen molar-refractivity contribution in [1.29, 1.82) is 0 Å². The molecule has 2 unspecified atom stereocenters. The summed E-state index contributed by atoms with van der Waals surface area (Å²) in [5.74, 6) is 0.324. The van der Waals surface area contributed by atoms with Crippen molar-refractivity contribution in [3.05, 3.63) is 34.9 Å². The second kappa shape index (κ2) is 4.98. The van der Waals surface area contributed by atoms with Crippen LogP contribution in [-0.4, -0.2) is 5.11 Å².